The van der Waals surface area contributed by atoms with E-state index in [1.54, 1.807) is 0 Å². The molecule has 1 aromatic rings. The van der Waals surface area contributed by atoms with Gasteiger partial charge in [0.1, 0.15) is 11.4 Å². The van der Waals surface area contributed by atoms with E-state index in [1.165, 1.54) is 0 Å². The maximum Gasteiger partial charge on any atom is 0.124 e. The lowest BCUT2D eigenvalue weighted by Gasteiger charge is -2.50. The Morgan fingerprint density at radius 1 is 1.38 bits per heavy atom. The fourth-order valence-corrected chi connectivity index (χ4v) is 3.53. The average Bonchev–Trinajstić information content (AvgIpc) is 2.17. The molecule has 1 aliphatic heterocycles. The molecule has 1 spiro atoms. The fourth-order valence-electron chi connectivity index (χ4n) is 3.15. The third-order valence-electron chi connectivity index (χ3n) is 3.73. The second kappa shape index (κ2) is 3.47. The summed E-state index contributed by atoms with van der Waals surface area (Å²) in [5.41, 5.74) is 7.42. The van der Waals surface area contributed by atoms with Crippen LogP contribution in [0.3, 0.4) is 0 Å². The van der Waals surface area contributed by atoms with Crippen molar-refractivity contribution in [3.8, 4) is 5.75 Å². The maximum absolute atomic E-state index is 6.24. The van der Waals surface area contributed by atoms with Crippen molar-refractivity contribution in [2.45, 2.75) is 37.8 Å². The minimum atomic E-state index is 0.0413. The zero-order valence-corrected chi connectivity index (χ0v) is 11.0. The number of halogens is 1. The van der Waals surface area contributed by atoms with Crippen molar-refractivity contribution in [2.75, 3.05) is 0 Å². The minimum absolute atomic E-state index is 0.0413. The molecule has 1 fully saturated rings. The van der Waals surface area contributed by atoms with Crippen LogP contribution in [-0.4, -0.2) is 5.60 Å². The van der Waals surface area contributed by atoms with Crippen molar-refractivity contribution >= 4 is 15.9 Å². The van der Waals surface area contributed by atoms with Crippen LogP contribution in [0.5, 0.6) is 5.75 Å². The van der Waals surface area contributed by atoms with Crippen molar-refractivity contribution in [1.82, 2.24) is 0 Å². The van der Waals surface area contributed by atoms with Gasteiger partial charge >= 0.3 is 0 Å². The Labute approximate surface area is 104 Å². The lowest BCUT2D eigenvalue weighted by molar-refractivity contribution is -0.0657. The smallest absolute Gasteiger partial charge is 0.124 e. The molecule has 1 aliphatic carbocycles. The number of hydrogen-bond acceptors (Lipinski definition) is 2. The van der Waals surface area contributed by atoms with Crippen LogP contribution in [0.15, 0.2) is 22.7 Å². The Bertz CT molecular complexity index is 426. The van der Waals surface area contributed by atoms with E-state index in [4.69, 9.17) is 10.5 Å². The highest BCUT2D eigenvalue weighted by Gasteiger charge is 2.48. The van der Waals surface area contributed by atoms with E-state index >= 15 is 0 Å². The highest BCUT2D eigenvalue weighted by atomic mass is 79.9. The highest BCUT2D eigenvalue weighted by molar-refractivity contribution is 9.10. The molecule has 2 N–H and O–H groups in total. The summed E-state index contributed by atoms with van der Waals surface area (Å²) in [7, 11) is 0. The molecule has 0 radical (unpaired) electrons. The van der Waals surface area contributed by atoms with Crippen molar-refractivity contribution in [2.24, 2.45) is 11.7 Å². The quantitative estimate of drug-likeness (QED) is 0.791. The molecule has 0 bridgehead atoms. The Morgan fingerprint density at radius 3 is 2.81 bits per heavy atom. The van der Waals surface area contributed by atoms with E-state index in [0.29, 0.717) is 0 Å². The Hall–Kier alpha value is -0.540. The van der Waals surface area contributed by atoms with E-state index in [-0.39, 0.29) is 11.6 Å². The second-order valence-corrected chi connectivity index (χ2v) is 6.21. The molecule has 1 saturated carbocycles. The molecule has 3 rings (SSSR count). The Kier molecular flexibility index (Phi) is 2.30. The van der Waals surface area contributed by atoms with Crippen LogP contribution in [0.25, 0.3) is 0 Å². The van der Waals surface area contributed by atoms with Crippen molar-refractivity contribution in [3.05, 3.63) is 28.2 Å². The summed E-state index contributed by atoms with van der Waals surface area (Å²) in [6.45, 7) is 2.28. The molecule has 2 nitrogen and oxygen atoms in total. The summed E-state index contributed by atoms with van der Waals surface area (Å²) in [5.74, 6) is 1.76. The lowest BCUT2D eigenvalue weighted by Crippen LogP contribution is -2.52. The molecule has 16 heavy (non-hydrogen) atoms. The van der Waals surface area contributed by atoms with E-state index in [0.717, 1.165) is 41.0 Å². The van der Waals surface area contributed by atoms with Crippen LogP contribution < -0.4 is 10.5 Å². The van der Waals surface area contributed by atoms with Gasteiger partial charge in [0.05, 0.1) is 0 Å². The standard InChI is InChI=1S/C13H16BrNO/c1-8-5-13(6-8)7-11(15)10-4-9(14)2-3-12(10)16-13/h2-4,8,11H,5-7,15H2,1H3/t8?,11-,13?/m0/s1. The average molecular weight is 282 g/mol. The first-order valence-electron chi connectivity index (χ1n) is 5.82. The van der Waals surface area contributed by atoms with E-state index < -0.39 is 0 Å². The van der Waals surface area contributed by atoms with Crippen LogP contribution in [-0.2, 0) is 0 Å². The van der Waals surface area contributed by atoms with Crippen molar-refractivity contribution in [3.63, 3.8) is 0 Å². The second-order valence-electron chi connectivity index (χ2n) is 5.29. The molecule has 0 unspecified atom stereocenters. The topological polar surface area (TPSA) is 35.2 Å². The number of hydrogen-bond donors (Lipinski definition) is 1. The Balaban J connectivity index is 1.94. The SMILES string of the molecule is CC1CC2(C1)C[C@H](N)c1cc(Br)ccc1O2. The normalized spacial score (nSPS) is 36.4. The minimum Gasteiger partial charge on any atom is -0.487 e. The maximum atomic E-state index is 6.24. The number of fused-ring (bicyclic) bond motifs is 1. The molecule has 0 saturated heterocycles. The summed E-state index contributed by atoms with van der Waals surface area (Å²) in [6, 6.07) is 6.25. The molecule has 1 atom stereocenters. The van der Waals surface area contributed by atoms with Gasteiger partial charge in [-0.3, -0.25) is 0 Å². The van der Waals surface area contributed by atoms with Gasteiger partial charge in [0.15, 0.2) is 0 Å². The third-order valence-corrected chi connectivity index (χ3v) is 4.22. The predicted octanol–water partition coefficient (Wildman–Crippen LogP) is 3.40. The van der Waals surface area contributed by atoms with Gasteiger partial charge in [-0.05, 0) is 37.0 Å². The van der Waals surface area contributed by atoms with Gasteiger partial charge in [-0.1, -0.05) is 22.9 Å². The van der Waals surface area contributed by atoms with Crippen molar-refractivity contribution < 1.29 is 4.74 Å². The van der Waals surface area contributed by atoms with Gasteiger partial charge in [-0.25, -0.2) is 0 Å². The fraction of sp³-hybridized carbons (Fsp3) is 0.538. The van der Waals surface area contributed by atoms with Gasteiger partial charge in [-0.2, -0.15) is 0 Å². The third kappa shape index (κ3) is 1.57. The predicted molar refractivity (Wildman–Crippen MR) is 67.4 cm³/mol. The molecule has 2 aliphatic rings. The zero-order valence-electron chi connectivity index (χ0n) is 9.37. The van der Waals surface area contributed by atoms with Gasteiger partial charge in [-0.15, -0.1) is 0 Å². The van der Waals surface area contributed by atoms with Crippen LogP contribution in [0.2, 0.25) is 0 Å². The number of rotatable bonds is 0. The number of ether oxygens (including phenoxy) is 1. The largest absolute Gasteiger partial charge is 0.487 e. The molecule has 1 aromatic carbocycles. The molecular weight excluding hydrogens is 266 g/mol. The Morgan fingerprint density at radius 2 is 2.12 bits per heavy atom. The highest BCUT2D eigenvalue weighted by Crippen LogP contribution is 2.50. The lowest BCUT2D eigenvalue weighted by atomic mass is 9.67. The van der Waals surface area contributed by atoms with Gasteiger partial charge < -0.3 is 10.5 Å². The monoisotopic (exact) mass is 281 g/mol. The molecular formula is C13H16BrNO. The molecule has 3 heteroatoms. The molecule has 86 valence electrons. The summed E-state index contributed by atoms with van der Waals surface area (Å²) >= 11 is 3.48. The summed E-state index contributed by atoms with van der Waals surface area (Å²) < 4.78 is 7.22. The first-order valence-corrected chi connectivity index (χ1v) is 6.61. The summed E-state index contributed by atoms with van der Waals surface area (Å²) in [5, 5.41) is 0. The molecule has 0 amide bonds. The zero-order chi connectivity index (χ0) is 11.3. The van der Waals surface area contributed by atoms with Gasteiger partial charge in [0.25, 0.3) is 0 Å². The van der Waals surface area contributed by atoms with Crippen molar-refractivity contribution in [1.29, 1.82) is 0 Å². The van der Waals surface area contributed by atoms with Crippen LogP contribution in [0.4, 0.5) is 0 Å². The molecule has 0 aromatic heterocycles. The summed E-state index contributed by atoms with van der Waals surface area (Å²) in [6.07, 6.45) is 3.26. The first kappa shape index (κ1) is 10.6. The van der Waals surface area contributed by atoms with E-state index in [1.807, 2.05) is 12.1 Å². The van der Waals surface area contributed by atoms with Gasteiger partial charge in [0, 0.05) is 22.5 Å². The number of nitrogens with two attached hydrogens (primary N) is 1. The van der Waals surface area contributed by atoms with E-state index in [9.17, 15) is 0 Å². The van der Waals surface area contributed by atoms with Gasteiger partial charge in [0.2, 0.25) is 0 Å². The molecule has 1 heterocycles. The van der Waals surface area contributed by atoms with E-state index in [2.05, 4.69) is 28.9 Å². The van der Waals surface area contributed by atoms with Crippen LogP contribution >= 0.6 is 15.9 Å². The van der Waals surface area contributed by atoms with Crippen LogP contribution in [0.1, 0.15) is 37.8 Å². The first-order chi connectivity index (χ1) is 7.58. The number of benzene rings is 1. The van der Waals surface area contributed by atoms with Crippen LogP contribution in [0, 0.1) is 5.92 Å². The summed E-state index contributed by atoms with van der Waals surface area (Å²) in [4.78, 5) is 0.